The monoisotopic (exact) mass is 698 g/mol. The van der Waals surface area contributed by atoms with Gasteiger partial charge in [-0.1, -0.05) is 23.4 Å². The zero-order valence-corrected chi connectivity index (χ0v) is 25.7. The van der Waals surface area contributed by atoms with E-state index >= 15 is 0 Å². The van der Waals surface area contributed by atoms with Gasteiger partial charge in [-0.25, -0.2) is 14.6 Å². The lowest BCUT2D eigenvalue weighted by atomic mass is 10.0. The number of oxime groups is 1. The smallest absolute Gasteiger partial charge is 0.490 e. The Morgan fingerprint density at radius 1 is 1.23 bits per heavy atom. The number of thioether (sulfide) groups is 1. The van der Waals surface area contributed by atoms with E-state index in [1.807, 2.05) is 24.3 Å². The van der Waals surface area contributed by atoms with Gasteiger partial charge in [0, 0.05) is 35.4 Å². The van der Waals surface area contributed by atoms with Gasteiger partial charge in [-0.2, -0.15) is 13.2 Å². The first-order chi connectivity index (χ1) is 22.2. The topological polar surface area (TPSA) is 225 Å². The predicted molar refractivity (Wildman–Crippen MR) is 159 cm³/mol. The summed E-state index contributed by atoms with van der Waals surface area (Å²) in [5.74, 6) is -4.90. The number of nitrogens with two attached hydrogens (primary N) is 1. The third-order valence-corrected chi connectivity index (χ3v) is 8.90. The lowest BCUT2D eigenvalue weighted by Crippen LogP contribution is -2.71. The van der Waals surface area contributed by atoms with Crippen LogP contribution in [0, 0.1) is 0 Å². The van der Waals surface area contributed by atoms with Crippen molar-refractivity contribution in [2.75, 3.05) is 25.1 Å². The number of hydrogen-bond donors (Lipinski definition) is 5. The van der Waals surface area contributed by atoms with Gasteiger partial charge in [-0.05, 0) is 24.1 Å². The van der Waals surface area contributed by atoms with E-state index in [-0.39, 0.29) is 28.2 Å². The molecule has 1 aromatic carbocycles. The number of likely N-dealkylation sites (tertiary alicyclic amines) is 1. The van der Waals surface area contributed by atoms with Crippen molar-refractivity contribution in [1.29, 1.82) is 0 Å². The molecule has 2 atom stereocenters. The predicted octanol–water partition coefficient (Wildman–Crippen LogP) is 1.64. The average molecular weight is 699 g/mol. The van der Waals surface area contributed by atoms with Crippen LogP contribution in [0.2, 0.25) is 0 Å². The van der Waals surface area contributed by atoms with Crippen molar-refractivity contribution >= 4 is 63.6 Å². The molecular weight excluding hydrogens is 673 g/mol. The van der Waals surface area contributed by atoms with Crippen molar-refractivity contribution in [1.82, 2.24) is 20.1 Å². The van der Waals surface area contributed by atoms with Gasteiger partial charge in [0.15, 0.2) is 10.8 Å². The number of carbonyl (C=O) groups is 5. The van der Waals surface area contributed by atoms with Crippen molar-refractivity contribution < 1.29 is 57.3 Å². The Morgan fingerprint density at radius 3 is 2.49 bits per heavy atom. The summed E-state index contributed by atoms with van der Waals surface area (Å²) in [5, 5.41) is 32.8. The number of ether oxygens (including phenoxy) is 1. The van der Waals surface area contributed by atoms with Gasteiger partial charge in [0.2, 0.25) is 5.91 Å². The molecule has 3 aliphatic rings. The molecule has 20 heteroatoms. The Hall–Kier alpha value is -5.11. The molecule has 6 N–H and O–H groups in total. The van der Waals surface area contributed by atoms with Crippen LogP contribution in [0.25, 0.3) is 0 Å². The molecule has 0 radical (unpaired) electrons. The number of aliphatic carboxylic acids is 2. The van der Waals surface area contributed by atoms with Crippen LogP contribution in [0.5, 0.6) is 5.75 Å². The Kier molecular flexibility index (Phi) is 10.4. The van der Waals surface area contributed by atoms with Crippen LogP contribution in [-0.2, 0) is 30.5 Å². The van der Waals surface area contributed by atoms with Gasteiger partial charge in [-0.3, -0.25) is 19.3 Å². The molecule has 0 saturated carbocycles. The van der Waals surface area contributed by atoms with E-state index in [0.29, 0.717) is 36.4 Å². The van der Waals surface area contributed by atoms with E-state index in [1.54, 1.807) is 18.1 Å². The molecule has 3 aliphatic heterocycles. The number of nitrogen functional groups attached to an aromatic ring is 1. The van der Waals surface area contributed by atoms with Crippen molar-refractivity contribution in [3.8, 4) is 5.75 Å². The number of aromatic nitrogens is 1. The molecule has 0 aliphatic carbocycles. The molecule has 3 amide bonds. The van der Waals surface area contributed by atoms with Gasteiger partial charge < -0.3 is 36.1 Å². The Morgan fingerprint density at radius 2 is 1.91 bits per heavy atom. The van der Waals surface area contributed by atoms with E-state index in [9.17, 15) is 42.7 Å². The fraction of sp³-hybridized carbons (Fsp3) is 0.296. The quantitative estimate of drug-likeness (QED) is 0.0873. The average Bonchev–Trinajstić information content (AvgIpc) is 3.60. The van der Waals surface area contributed by atoms with Crippen LogP contribution in [-0.4, -0.2) is 103 Å². The summed E-state index contributed by atoms with van der Waals surface area (Å²) in [6, 6.07) is 6.36. The number of anilines is 1. The van der Waals surface area contributed by atoms with Crippen molar-refractivity contribution in [2.24, 2.45) is 5.16 Å². The number of para-hydroxylation sites is 1. The number of carboxylic acids is 2. The molecule has 47 heavy (non-hydrogen) atoms. The summed E-state index contributed by atoms with van der Waals surface area (Å²) in [7, 11) is 1.56. The lowest BCUT2D eigenvalue weighted by molar-refractivity contribution is -0.192. The third kappa shape index (κ3) is 7.49. The van der Waals surface area contributed by atoms with Gasteiger partial charge in [-0.15, -0.1) is 23.1 Å². The number of rotatable bonds is 8. The summed E-state index contributed by atoms with van der Waals surface area (Å²) < 4.78 is 37.1. The zero-order chi connectivity index (χ0) is 34.6. The fourth-order valence-electron chi connectivity index (χ4n) is 4.77. The molecule has 4 heterocycles. The van der Waals surface area contributed by atoms with Crippen molar-refractivity contribution in [3.63, 3.8) is 0 Å². The number of fused-ring (bicyclic) bond motifs is 1. The molecule has 0 bridgehead atoms. The van der Waals surface area contributed by atoms with Gasteiger partial charge in [0.1, 0.15) is 28.6 Å². The highest BCUT2D eigenvalue weighted by Gasteiger charge is 2.54. The SMILES string of the molecule is COc1ccccc1CN1CC/C(=C\C2=C(C(=O)O)N3C(=O)[C@@H](NC(=O)/C(=N\O)c4csc(N)n4)[C@H]3SC2)C1=O.O=C(O)C(F)(F)F. The zero-order valence-electron chi connectivity index (χ0n) is 24.1. The Bertz CT molecular complexity index is 1710. The maximum absolute atomic E-state index is 13.1. The van der Waals surface area contributed by atoms with Crippen LogP contribution < -0.4 is 15.8 Å². The number of benzene rings is 1. The van der Waals surface area contributed by atoms with Crippen molar-refractivity contribution in [2.45, 2.75) is 30.6 Å². The largest absolute Gasteiger partial charge is 0.496 e. The molecule has 0 unspecified atom stereocenters. The standard InChI is InChI=1S/C25H24N6O7S2.C2HF3O2/c1-38-16-5-3-2-4-13(16)9-30-7-6-12(21(30)33)8-14-10-39-23-18(22(34)31(23)19(14)24(35)36)28-20(32)17(29-37)15-11-40-25(26)27-15;3-2(4,5)1(6)7/h2-5,8,11,18,23,37H,6-7,9-10H2,1H3,(H2,26,27)(H,28,32)(H,35,36);(H,6,7)/b12-8+,29-17-;/t18-,23-;/m1./s1. The molecule has 1 aromatic heterocycles. The number of carboxylic acid groups (broad SMARTS) is 2. The maximum Gasteiger partial charge on any atom is 0.490 e. The van der Waals surface area contributed by atoms with Crippen LogP contribution in [0.3, 0.4) is 0 Å². The normalized spacial score (nSPS) is 20.3. The second-order valence-electron chi connectivity index (χ2n) is 9.82. The highest BCUT2D eigenvalue weighted by Crippen LogP contribution is 2.41. The number of carbonyl (C=O) groups excluding carboxylic acids is 3. The van der Waals surface area contributed by atoms with E-state index in [4.69, 9.17) is 20.4 Å². The minimum absolute atomic E-state index is 0.0449. The minimum Gasteiger partial charge on any atom is -0.496 e. The minimum atomic E-state index is -5.08. The van der Waals surface area contributed by atoms with Crippen LogP contribution in [0.4, 0.5) is 18.3 Å². The number of allylic oxidation sites excluding steroid dienone is 1. The Balaban J connectivity index is 0.000000644. The van der Waals surface area contributed by atoms with Gasteiger partial charge >= 0.3 is 18.1 Å². The molecule has 2 saturated heterocycles. The summed E-state index contributed by atoms with van der Waals surface area (Å²) in [5.41, 5.74) is 6.62. The lowest BCUT2D eigenvalue weighted by Gasteiger charge is -2.49. The number of methoxy groups -OCH3 is 1. The molecular formula is C27H25F3N6O9S2. The van der Waals surface area contributed by atoms with Crippen LogP contribution in [0.15, 0.2) is 57.7 Å². The number of alkyl halides is 3. The second kappa shape index (κ2) is 14.1. The highest BCUT2D eigenvalue weighted by molar-refractivity contribution is 8.00. The number of amides is 3. The summed E-state index contributed by atoms with van der Waals surface area (Å²) in [6.45, 7) is 0.810. The molecule has 2 fully saturated rings. The molecule has 2 aromatic rings. The van der Waals surface area contributed by atoms with Crippen LogP contribution in [0.1, 0.15) is 17.7 Å². The number of hydrogen-bond acceptors (Lipinski definition) is 12. The number of nitrogens with zero attached hydrogens (tertiary/aromatic N) is 4. The Labute approximate surface area is 271 Å². The van der Waals surface area contributed by atoms with E-state index in [0.717, 1.165) is 21.8 Å². The number of thiazole rings is 1. The number of nitrogens with one attached hydrogen (secondary N) is 1. The fourth-order valence-corrected chi connectivity index (χ4v) is 6.63. The van der Waals surface area contributed by atoms with E-state index in [2.05, 4.69) is 15.5 Å². The maximum atomic E-state index is 13.1. The summed E-state index contributed by atoms with van der Waals surface area (Å²) in [4.78, 5) is 66.7. The first-order valence-corrected chi connectivity index (χ1v) is 15.2. The van der Waals surface area contributed by atoms with E-state index < -0.39 is 47.1 Å². The molecule has 250 valence electrons. The first kappa shape index (κ1) is 34.8. The van der Waals surface area contributed by atoms with Gasteiger partial charge in [0.25, 0.3) is 11.8 Å². The van der Waals surface area contributed by atoms with E-state index in [1.165, 1.54) is 17.1 Å². The number of β-lactam (4-membered cyclic amide) rings is 1. The summed E-state index contributed by atoms with van der Waals surface area (Å²) >= 11 is 2.30. The first-order valence-electron chi connectivity index (χ1n) is 13.2. The number of halogens is 3. The molecule has 0 spiro atoms. The third-order valence-electron chi connectivity index (χ3n) is 6.92. The van der Waals surface area contributed by atoms with Crippen molar-refractivity contribution in [3.05, 3.63) is 63.8 Å². The second-order valence-corrected chi connectivity index (χ2v) is 11.8. The highest BCUT2D eigenvalue weighted by atomic mass is 32.2. The van der Waals surface area contributed by atoms with Gasteiger partial charge in [0.05, 0.1) is 7.11 Å². The summed E-state index contributed by atoms with van der Waals surface area (Å²) in [6.07, 6.45) is -3.10. The molecule has 15 nitrogen and oxygen atoms in total. The van der Waals surface area contributed by atoms with Crippen LogP contribution >= 0.6 is 23.1 Å². The molecule has 5 rings (SSSR count).